The van der Waals surface area contributed by atoms with Gasteiger partial charge in [-0.3, -0.25) is 9.80 Å². The number of piperidine rings is 2. The van der Waals surface area contributed by atoms with Crippen LogP contribution in [0.4, 0.5) is 0 Å². The van der Waals surface area contributed by atoms with Crippen LogP contribution in [-0.2, 0) is 0 Å². The Morgan fingerprint density at radius 1 is 0.773 bits per heavy atom. The largest absolute Gasteiger partial charge is 0.396 e. The monoisotopic (exact) mass is 310 g/mol. The van der Waals surface area contributed by atoms with Crippen molar-refractivity contribution in [3.63, 3.8) is 0 Å². The molecule has 0 aromatic carbocycles. The smallest absolute Gasteiger partial charge is 0.0471 e. The molecule has 2 N–H and O–H groups in total. The molecule has 4 nitrogen and oxygen atoms in total. The van der Waals surface area contributed by atoms with E-state index in [4.69, 9.17) is 0 Å². The molecule has 128 valence electrons. The van der Waals surface area contributed by atoms with Crippen molar-refractivity contribution in [3.05, 3.63) is 12.2 Å². The van der Waals surface area contributed by atoms with Gasteiger partial charge in [-0.2, -0.15) is 0 Å². The van der Waals surface area contributed by atoms with Crippen molar-refractivity contribution in [2.45, 2.75) is 51.6 Å². The molecule has 2 heterocycles. The Bertz CT molecular complexity index is 316. The first-order valence-electron chi connectivity index (χ1n) is 8.98. The maximum absolute atomic E-state index is 9.34. The van der Waals surface area contributed by atoms with Gasteiger partial charge < -0.3 is 10.2 Å². The highest BCUT2D eigenvalue weighted by Gasteiger charge is 2.25. The van der Waals surface area contributed by atoms with Crippen LogP contribution in [0.15, 0.2) is 12.2 Å². The van der Waals surface area contributed by atoms with Crippen LogP contribution in [-0.4, -0.2) is 71.5 Å². The molecule has 22 heavy (non-hydrogen) atoms. The van der Waals surface area contributed by atoms with Crippen molar-refractivity contribution in [3.8, 4) is 0 Å². The third-order valence-electron chi connectivity index (χ3n) is 5.58. The Balaban J connectivity index is 1.74. The summed E-state index contributed by atoms with van der Waals surface area (Å²) in [5.41, 5.74) is 0. The van der Waals surface area contributed by atoms with Crippen molar-refractivity contribution < 1.29 is 10.2 Å². The van der Waals surface area contributed by atoms with Crippen molar-refractivity contribution in [2.24, 2.45) is 11.8 Å². The fourth-order valence-electron chi connectivity index (χ4n) is 3.75. The molecule has 0 saturated carbocycles. The third-order valence-corrected chi connectivity index (χ3v) is 5.58. The SMILES string of the molecule is CC1CCC(CO)CN1C/C=C/CN1CC(CO)CCC1C. The van der Waals surface area contributed by atoms with Crippen molar-refractivity contribution >= 4 is 0 Å². The fraction of sp³-hybridized carbons (Fsp3) is 0.889. The van der Waals surface area contributed by atoms with E-state index < -0.39 is 0 Å². The topological polar surface area (TPSA) is 46.9 Å². The molecule has 0 radical (unpaired) electrons. The minimum Gasteiger partial charge on any atom is -0.396 e. The molecule has 4 heteroatoms. The van der Waals surface area contributed by atoms with E-state index in [1.54, 1.807) is 0 Å². The molecule has 4 atom stereocenters. The Morgan fingerprint density at radius 2 is 1.18 bits per heavy atom. The zero-order chi connectivity index (χ0) is 15.9. The van der Waals surface area contributed by atoms with Gasteiger partial charge in [-0.15, -0.1) is 0 Å². The van der Waals surface area contributed by atoms with Gasteiger partial charge in [0.1, 0.15) is 0 Å². The van der Waals surface area contributed by atoms with Crippen LogP contribution in [0.2, 0.25) is 0 Å². The van der Waals surface area contributed by atoms with Gasteiger partial charge in [0.15, 0.2) is 0 Å². The highest BCUT2D eigenvalue weighted by molar-refractivity contribution is 4.92. The minimum atomic E-state index is 0.320. The maximum atomic E-state index is 9.34. The van der Waals surface area contributed by atoms with Gasteiger partial charge in [0.05, 0.1) is 0 Å². The van der Waals surface area contributed by atoms with E-state index in [0.29, 0.717) is 37.1 Å². The molecule has 0 spiro atoms. The first-order valence-corrected chi connectivity index (χ1v) is 8.98. The van der Waals surface area contributed by atoms with Crippen LogP contribution in [0.25, 0.3) is 0 Å². The quantitative estimate of drug-likeness (QED) is 0.734. The summed E-state index contributed by atoms with van der Waals surface area (Å²) >= 11 is 0. The average Bonchev–Trinajstić information content (AvgIpc) is 2.54. The van der Waals surface area contributed by atoms with Gasteiger partial charge in [0.25, 0.3) is 0 Å². The Kier molecular flexibility index (Phi) is 7.35. The molecular weight excluding hydrogens is 276 g/mol. The normalized spacial score (nSPS) is 35.3. The number of nitrogens with zero attached hydrogens (tertiary/aromatic N) is 2. The summed E-state index contributed by atoms with van der Waals surface area (Å²) in [6, 6.07) is 1.25. The van der Waals surface area contributed by atoms with Crippen LogP contribution in [0.3, 0.4) is 0 Å². The number of likely N-dealkylation sites (tertiary alicyclic amines) is 2. The molecular formula is C18H34N2O2. The Hall–Kier alpha value is -0.420. The van der Waals surface area contributed by atoms with E-state index >= 15 is 0 Å². The van der Waals surface area contributed by atoms with E-state index in [1.165, 1.54) is 12.8 Å². The van der Waals surface area contributed by atoms with Gasteiger partial charge in [0.2, 0.25) is 0 Å². The molecule has 0 bridgehead atoms. The fourth-order valence-corrected chi connectivity index (χ4v) is 3.75. The molecule has 2 aliphatic rings. The second kappa shape index (κ2) is 9.02. The standard InChI is InChI=1S/C18H34N2O2/c1-15-5-7-17(13-21)11-19(15)9-3-4-10-20-12-18(14-22)8-6-16(20)2/h3-4,15-18,21-22H,5-14H2,1-2H3/b4-3+. The zero-order valence-electron chi connectivity index (χ0n) is 14.3. The lowest BCUT2D eigenvalue weighted by atomic mass is 9.94. The predicted octanol–water partition coefficient (Wildman–Crippen LogP) is 1.73. The molecule has 0 aliphatic carbocycles. The highest BCUT2D eigenvalue weighted by Crippen LogP contribution is 2.22. The first-order chi connectivity index (χ1) is 10.6. The van der Waals surface area contributed by atoms with E-state index in [9.17, 15) is 10.2 Å². The van der Waals surface area contributed by atoms with Gasteiger partial charge in [-0.25, -0.2) is 0 Å². The number of hydrogen-bond acceptors (Lipinski definition) is 4. The average molecular weight is 310 g/mol. The van der Waals surface area contributed by atoms with E-state index in [2.05, 4.69) is 35.8 Å². The van der Waals surface area contributed by atoms with Gasteiger partial charge >= 0.3 is 0 Å². The van der Waals surface area contributed by atoms with Crippen LogP contribution in [0, 0.1) is 11.8 Å². The lowest BCUT2D eigenvalue weighted by Crippen LogP contribution is -2.43. The molecule has 2 aliphatic heterocycles. The number of hydrogen-bond donors (Lipinski definition) is 2. The van der Waals surface area contributed by atoms with E-state index in [1.807, 2.05) is 0 Å². The second-order valence-corrected chi connectivity index (χ2v) is 7.33. The highest BCUT2D eigenvalue weighted by atomic mass is 16.3. The van der Waals surface area contributed by atoms with Crippen molar-refractivity contribution in [2.75, 3.05) is 39.4 Å². The van der Waals surface area contributed by atoms with E-state index in [0.717, 1.165) is 39.0 Å². The predicted molar refractivity (Wildman–Crippen MR) is 90.8 cm³/mol. The zero-order valence-corrected chi connectivity index (χ0v) is 14.3. The summed E-state index contributed by atoms with van der Waals surface area (Å²) < 4.78 is 0. The summed E-state index contributed by atoms with van der Waals surface area (Å²) in [7, 11) is 0. The Morgan fingerprint density at radius 3 is 1.55 bits per heavy atom. The summed E-state index contributed by atoms with van der Waals surface area (Å²) in [6.45, 7) is 9.25. The molecule has 0 aromatic heterocycles. The molecule has 0 amide bonds. The number of rotatable bonds is 6. The van der Waals surface area contributed by atoms with Crippen LogP contribution in [0.5, 0.6) is 0 Å². The first kappa shape index (κ1) is 17.9. The number of aliphatic hydroxyl groups is 2. The minimum absolute atomic E-state index is 0.320. The lowest BCUT2D eigenvalue weighted by Gasteiger charge is -2.37. The summed E-state index contributed by atoms with van der Waals surface area (Å²) in [5.74, 6) is 0.911. The lowest BCUT2D eigenvalue weighted by molar-refractivity contribution is 0.0895. The molecule has 2 rings (SSSR count). The second-order valence-electron chi connectivity index (χ2n) is 7.33. The van der Waals surface area contributed by atoms with Gasteiger partial charge in [-0.1, -0.05) is 12.2 Å². The van der Waals surface area contributed by atoms with Gasteiger partial charge in [-0.05, 0) is 51.4 Å². The third kappa shape index (κ3) is 5.05. The summed E-state index contributed by atoms with van der Waals surface area (Å²) in [4.78, 5) is 4.97. The van der Waals surface area contributed by atoms with Crippen LogP contribution < -0.4 is 0 Å². The molecule has 0 aromatic rings. The van der Waals surface area contributed by atoms with Gasteiger partial charge in [0, 0.05) is 51.5 Å². The van der Waals surface area contributed by atoms with Crippen molar-refractivity contribution in [1.82, 2.24) is 9.80 Å². The molecule has 4 unspecified atom stereocenters. The number of aliphatic hydroxyl groups excluding tert-OH is 2. The summed E-state index contributed by atoms with van der Waals surface area (Å²) in [6.07, 6.45) is 9.27. The molecule has 2 fully saturated rings. The van der Waals surface area contributed by atoms with Crippen LogP contribution >= 0.6 is 0 Å². The van der Waals surface area contributed by atoms with E-state index in [-0.39, 0.29) is 0 Å². The van der Waals surface area contributed by atoms with Crippen molar-refractivity contribution in [1.29, 1.82) is 0 Å². The Labute approximate surface area is 135 Å². The molecule has 2 saturated heterocycles. The summed E-state index contributed by atoms with van der Waals surface area (Å²) in [5, 5.41) is 18.7. The van der Waals surface area contributed by atoms with Crippen LogP contribution in [0.1, 0.15) is 39.5 Å². The maximum Gasteiger partial charge on any atom is 0.0471 e.